The fourth-order valence-electron chi connectivity index (χ4n) is 1.29. The van der Waals surface area contributed by atoms with Gasteiger partial charge >= 0.3 is 24.0 Å². The van der Waals surface area contributed by atoms with Crippen LogP contribution in [0, 0.1) is 0 Å². The van der Waals surface area contributed by atoms with E-state index >= 15 is 0 Å². The highest BCUT2D eigenvalue weighted by Gasteiger charge is 2.26. The van der Waals surface area contributed by atoms with Crippen molar-refractivity contribution in [1.29, 1.82) is 0 Å². The molecule has 2 saturated heterocycles. The van der Waals surface area contributed by atoms with Crippen molar-refractivity contribution in [2.45, 2.75) is 12.2 Å². The number of rotatable bonds is 8. The number of carbonyl (C=O) groups excluding carboxylic acids is 1. The second-order valence-corrected chi connectivity index (χ2v) is 4.34. The summed E-state index contributed by atoms with van der Waals surface area (Å²) in [6, 6.07) is -0.216. The van der Waals surface area contributed by atoms with E-state index in [1.54, 1.807) is 0 Å². The Labute approximate surface area is 119 Å². The second kappa shape index (κ2) is 6.02. The van der Waals surface area contributed by atoms with Crippen LogP contribution < -0.4 is 14.2 Å². The maximum atomic E-state index is 11.2. The van der Waals surface area contributed by atoms with Crippen molar-refractivity contribution in [3.63, 3.8) is 0 Å². The van der Waals surface area contributed by atoms with Gasteiger partial charge in [0.05, 0.1) is 13.2 Å². The number of hydrogen-bond donors (Lipinski definition) is 0. The lowest BCUT2D eigenvalue weighted by molar-refractivity contribution is -0.129. The Kier molecular flexibility index (Phi) is 3.93. The van der Waals surface area contributed by atoms with Gasteiger partial charge in [-0.1, -0.05) is 6.58 Å². The van der Waals surface area contributed by atoms with Gasteiger partial charge in [0.15, 0.2) is 0 Å². The number of epoxide rings is 2. The summed E-state index contributed by atoms with van der Waals surface area (Å²) in [5, 5.41) is 0. The zero-order chi connectivity index (χ0) is 14.7. The highest BCUT2D eigenvalue weighted by Crippen LogP contribution is 2.18. The van der Waals surface area contributed by atoms with E-state index in [4.69, 9.17) is 23.7 Å². The van der Waals surface area contributed by atoms with Gasteiger partial charge in [-0.05, 0) is 0 Å². The van der Waals surface area contributed by atoms with Gasteiger partial charge in [-0.3, -0.25) is 0 Å². The molecule has 9 nitrogen and oxygen atoms in total. The first kappa shape index (κ1) is 13.7. The van der Waals surface area contributed by atoms with Crippen molar-refractivity contribution in [1.82, 2.24) is 15.0 Å². The molecule has 1 aromatic rings. The summed E-state index contributed by atoms with van der Waals surface area (Å²) in [5.41, 5.74) is 0. The summed E-state index contributed by atoms with van der Waals surface area (Å²) in [4.78, 5) is 22.9. The van der Waals surface area contributed by atoms with Crippen LogP contribution in [0.15, 0.2) is 12.7 Å². The standard InChI is InChI=1S/C12H13N3O6/c1-2-9(16)21-12-14-10(19-5-7-3-17-7)13-11(15-12)20-6-8-4-18-8/h2,7-8H,1,3-6H2. The minimum atomic E-state index is -0.686. The largest absolute Gasteiger partial charge is 0.460 e. The molecule has 0 bridgehead atoms. The number of ether oxygens (including phenoxy) is 5. The molecule has 0 saturated carbocycles. The molecule has 21 heavy (non-hydrogen) atoms. The van der Waals surface area contributed by atoms with Crippen molar-refractivity contribution in [2.75, 3.05) is 26.4 Å². The van der Waals surface area contributed by atoms with Crippen molar-refractivity contribution in [3.8, 4) is 18.0 Å². The molecule has 9 heteroatoms. The number of nitrogens with zero attached hydrogens (tertiary/aromatic N) is 3. The number of aromatic nitrogens is 3. The van der Waals surface area contributed by atoms with Crippen LogP contribution in [-0.2, 0) is 14.3 Å². The smallest absolute Gasteiger partial charge is 0.337 e. The molecule has 3 rings (SSSR count). The van der Waals surface area contributed by atoms with Crippen LogP contribution in [0.4, 0.5) is 0 Å². The van der Waals surface area contributed by atoms with Crippen molar-refractivity contribution in [3.05, 3.63) is 12.7 Å². The molecule has 112 valence electrons. The van der Waals surface area contributed by atoms with Crippen molar-refractivity contribution in [2.24, 2.45) is 0 Å². The van der Waals surface area contributed by atoms with Crippen molar-refractivity contribution >= 4 is 5.97 Å². The van der Waals surface area contributed by atoms with E-state index in [1.807, 2.05) is 0 Å². The van der Waals surface area contributed by atoms with Crippen LogP contribution in [0.3, 0.4) is 0 Å². The number of hydrogen-bond acceptors (Lipinski definition) is 9. The third-order valence-corrected chi connectivity index (χ3v) is 2.53. The van der Waals surface area contributed by atoms with E-state index < -0.39 is 5.97 Å². The van der Waals surface area contributed by atoms with Crippen LogP contribution in [0.2, 0.25) is 0 Å². The first-order valence-electron chi connectivity index (χ1n) is 6.32. The summed E-state index contributed by atoms with van der Waals surface area (Å²) < 4.78 is 25.5. The molecule has 0 amide bonds. The van der Waals surface area contributed by atoms with Crippen LogP contribution in [0.25, 0.3) is 0 Å². The van der Waals surface area contributed by atoms with Gasteiger partial charge in [-0.25, -0.2) is 4.79 Å². The predicted molar refractivity (Wildman–Crippen MR) is 66.1 cm³/mol. The van der Waals surface area contributed by atoms with Crippen LogP contribution in [-0.4, -0.2) is 59.6 Å². The van der Waals surface area contributed by atoms with Gasteiger partial charge in [-0.15, -0.1) is 15.0 Å². The summed E-state index contributed by atoms with van der Waals surface area (Å²) in [7, 11) is 0. The molecule has 2 aliphatic rings. The molecule has 2 unspecified atom stereocenters. The number of esters is 1. The third kappa shape index (κ3) is 4.36. The Morgan fingerprint density at radius 3 is 2.00 bits per heavy atom. The topological polar surface area (TPSA) is 108 Å². The lowest BCUT2D eigenvalue weighted by Crippen LogP contribution is -2.13. The molecule has 1 aromatic heterocycles. The lowest BCUT2D eigenvalue weighted by atomic mass is 10.5. The zero-order valence-electron chi connectivity index (χ0n) is 11.1. The van der Waals surface area contributed by atoms with E-state index in [-0.39, 0.29) is 30.2 Å². The maximum Gasteiger partial charge on any atom is 0.337 e. The van der Waals surface area contributed by atoms with E-state index in [0.29, 0.717) is 26.4 Å². The van der Waals surface area contributed by atoms with Crippen LogP contribution in [0.1, 0.15) is 0 Å². The van der Waals surface area contributed by atoms with E-state index in [1.165, 1.54) is 0 Å². The molecule has 2 atom stereocenters. The van der Waals surface area contributed by atoms with Gasteiger partial charge in [-0.2, -0.15) is 0 Å². The van der Waals surface area contributed by atoms with E-state index in [0.717, 1.165) is 6.08 Å². The summed E-state index contributed by atoms with van der Waals surface area (Å²) in [6.07, 6.45) is 1.09. The fourth-order valence-corrected chi connectivity index (χ4v) is 1.29. The molecule has 2 aliphatic heterocycles. The Balaban J connectivity index is 1.68. The monoisotopic (exact) mass is 295 g/mol. The molecule has 0 radical (unpaired) electrons. The van der Waals surface area contributed by atoms with E-state index in [9.17, 15) is 4.79 Å². The first-order chi connectivity index (χ1) is 10.2. The maximum absolute atomic E-state index is 11.2. The molecule has 3 heterocycles. The normalized spacial score (nSPS) is 22.3. The van der Waals surface area contributed by atoms with Crippen LogP contribution >= 0.6 is 0 Å². The Bertz CT molecular complexity index is 510. The second-order valence-electron chi connectivity index (χ2n) is 4.34. The summed E-state index contributed by atoms with van der Waals surface area (Å²) in [5.74, 6) is -0.686. The molecule has 2 fully saturated rings. The molecule has 0 spiro atoms. The quantitative estimate of drug-likeness (QED) is 0.357. The highest BCUT2D eigenvalue weighted by molar-refractivity contribution is 5.82. The lowest BCUT2D eigenvalue weighted by Gasteiger charge is -2.07. The van der Waals surface area contributed by atoms with Gasteiger partial charge in [0, 0.05) is 6.08 Å². The van der Waals surface area contributed by atoms with Gasteiger partial charge in [0.2, 0.25) is 0 Å². The van der Waals surface area contributed by atoms with Gasteiger partial charge < -0.3 is 23.7 Å². The average Bonchev–Trinajstić information content (AvgIpc) is 3.37. The highest BCUT2D eigenvalue weighted by atomic mass is 16.6. The summed E-state index contributed by atoms with van der Waals surface area (Å²) in [6.45, 7) is 5.20. The molecule has 0 N–H and O–H groups in total. The fraction of sp³-hybridized carbons (Fsp3) is 0.500. The minimum Gasteiger partial charge on any atom is -0.460 e. The molecule has 0 aliphatic carbocycles. The molecular formula is C12H13N3O6. The number of carbonyl (C=O) groups is 1. The summed E-state index contributed by atoms with van der Waals surface area (Å²) >= 11 is 0. The third-order valence-electron chi connectivity index (χ3n) is 2.53. The van der Waals surface area contributed by atoms with Crippen LogP contribution in [0.5, 0.6) is 18.0 Å². The van der Waals surface area contributed by atoms with Crippen molar-refractivity contribution < 1.29 is 28.5 Å². The Morgan fingerprint density at radius 2 is 1.57 bits per heavy atom. The minimum absolute atomic E-state index is 0.000854. The average molecular weight is 295 g/mol. The molecule has 0 aromatic carbocycles. The Hall–Kier alpha value is -2.26. The SMILES string of the molecule is C=CC(=O)Oc1nc(OCC2CO2)nc(OCC2CO2)n1. The van der Waals surface area contributed by atoms with E-state index in [2.05, 4.69) is 21.5 Å². The van der Waals surface area contributed by atoms with Gasteiger partial charge in [0.1, 0.15) is 25.4 Å². The predicted octanol–water partition coefficient (Wildman–Crippen LogP) is -0.482. The first-order valence-corrected chi connectivity index (χ1v) is 6.32. The zero-order valence-corrected chi connectivity index (χ0v) is 11.1. The molecular weight excluding hydrogens is 282 g/mol. The Morgan fingerprint density at radius 1 is 1.10 bits per heavy atom. The van der Waals surface area contributed by atoms with Gasteiger partial charge in [0.25, 0.3) is 0 Å².